The maximum atomic E-state index is 11.8. The van der Waals surface area contributed by atoms with Crippen molar-refractivity contribution in [3.63, 3.8) is 0 Å². The van der Waals surface area contributed by atoms with Crippen molar-refractivity contribution in [2.24, 2.45) is 0 Å². The third-order valence-corrected chi connectivity index (χ3v) is 3.55. The van der Waals surface area contributed by atoms with Crippen molar-refractivity contribution < 1.29 is 4.79 Å². The van der Waals surface area contributed by atoms with Gasteiger partial charge in [-0.1, -0.05) is 24.3 Å². The van der Waals surface area contributed by atoms with Crippen LogP contribution in [0, 0.1) is 0 Å². The van der Waals surface area contributed by atoms with Gasteiger partial charge in [0.25, 0.3) is 5.56 Å². The second-order valence-electron chi connectivity index (χ2n) is 4.28. The molecule has 0 aliphatic heterocycles. The summed E-state index contributed by atoms with van der Waals surface area (Å²) in [4.78, 5) is 23.3. The van der Waals surface area contributed by atoms with Crippen molar-refractivity contribution in [1.29, 1.82) is 0 Å². The molecular weight excluding hydrogens is 276 g/mol. The number of hydrogen-bond donors (Lipinski definition) is 1. The second-order valence-corrected chi connectivity index (χ2v) is 5.34. The molecule has 0 bridgehead atoms. The van der Waals surface area contributed by atoms with Crippen LogP contribution in [0.1, 0.15) is 24.8 Å². The van der Waals surface area contributed by atoms with Gasteiger partial charge < -0.3 is 9.88 Å². The number of aryl methyl sites for hydroxylation is 2. The number of nitrogens with one attached hydrogen (secondary N) is 1. The van der Waals surface area contributed by atoms with Crippen LogP contribution in [0.15, 0.2) is 29.2 Å². The van der Waals surface area contributed by atoms with Crippen LogP contribution >= 0.6 is 11.3 Å². The fourth-order valence-electron chi connectivity index (χ4n) is 1.67. The summed E-state index contributed by atoms with van der Waals surface area (Å²) >= 11 is 1.39. The van der Waals surface area contributed by atoms with Crippen LogP contribution in [0.2, 0.25) is 0 Å². The smallest absolute Gasteiger partial charge is 0.250 e. The first-order valence-electron chi connectivity index (χ1n) is 6.46. The van der Waals surface area contributed by atoms with Gasteiger partial charge in [-0.05, 0) is 12.5 Å². The third-order valence-electron chi connectivity index (χ3n) is 2.66. The molecule has 2 heterocycles. The Morgan fingerprint density at radius 3 is 3.00 bits per heavy atom. The number of hydrogen-bond acceptors (Lipinski definition) is 5. The molecule has 2 aromatic rings. The molecule has 0 saturated heterocycles. The van der Waals surface area contributed by atoms with Crippen molar-refractivity contribution in [3.8, 4) is 0 Å². The molecule has 0 saturated carbocycles. The monoisotopic (exact) mass is 292 g/mol. The van der Waals surface area contributed by atoms with Gasteiger partial charge >= 0.3 is 0 Å². The van der Waals surface area contributed by atoms with Gasteiger partial charge in [-0.2, -0.15) is 0 Å². The van der Waals surface area contributed by atoms with E-state index in [0.29, 0.717) is 11.7 Å². The number of aromatic nitrogens is 3. The standard InChI is InChI=1S/C13H16N4O2S/c1-2-5-11-15-16-13(20-11)14-10(18)7-9-17-8-4-3-6-12(17)19/h3-4,6,8H,2,5,7,9H2,1H3,(H,14,16,18). The van der Waals surface area contributed by atoms with E-state index in [-0.39, 0.29) is 17.9 Å². The molecule has 20 heavy (non-hydrogen) atoms. The topological polar surface area (TPSA) is 76.9 Å². The average molecular weight is 292 g/mol. The maximum Gasteiger partial charge on any atom is 0.250 e. The summed E-state index contributed by atoms with van der Waals surface area (Å²) in [5.41, 5.74) is -0.110. The molecule has 1 N–H and O–H groups in total. The fraction of sp³-hybridized carbons (Fsp3) is 0.385. The highest BCUT2D eigenvalue weighted by molar-refractivity contribution is 7.15. The largest absolute Gasteiger partial charge is 0.315 e. The Hall–Kier alpha value is -2.02. The maximum absolute atomic E-state index is 11.8. The molecule has 0 fully saturated rings. The van der Waals surface area contributed by atoms with Gasteiger partial charge in [-0.25, -0.2) is 0 Å². The quantitative estimate of drug-likeness (QED) is 0.878. The van der Waals surface area contributed by atoms with Crippen LogP contribution in [-0.2, 0) is 17.8 Å². The number of carbonyl (C=O) groups is 1. The van der Waals surface area contributed by atoms with Gasteiger partial charge in [-0.15, -0.1) is 10.2 Å². The van der Waals surface area contributed by atoms with E-state index >= 15 is 0 Å². The van der Waals surface area contributed by atoms with E-state index in [1.165, 1.54) is 22.0 Å². The lowest BCUT2D eigenvalue weighted by atomic mass is 10.4. The first kappa shape index (κ1) is 14.4. The van der Waals surface area contributed by atoms with Gasteiger partial charge in [0.15, 0.2) is 0 Å². The molecule has 0 radical (unpaired) electrons. The highest BCUT2D eigenvalue weighted by atomic mass is 32.1. The summed E-state index contributed by atoms with van der Waals surface area (Å²) in [6, 6.07) is 4.91. The predicted octanol–water partition coefficient (Wildman–Crippen LogP) is 1.68. The van der Waals surface area contributed by atoms with Crippen LogP contribution in [0.3, 0.4) is 0 Å². The van der Waals surface area contributed by atoms with E-state index in [4.69, 9.17) is 0 Å². The Balaban J connectivity index is 1.86. The minimum Gasteiger partial charge on any atom is -0.315 e. The number of amides is 1. The van der Waals surface area contributed by atoms with Gasteiger partial charge in [0, 0.05) is 31.6 Å². The lowest BCUT2D eigenvalue weighted by molar-refractivity contribution is -0.116. The second kappa shape index (κ2) is 6.95. The lowest BCUT2D eigenvalue weighted by Gasteiger charge is -2.04. The highest BCUT2D eigenvalue weighted by Crippen LogP contribution is 2.16. The Labute approximate surface area is 120 Å². The molecule has 106 valence electrons. The number of nitrogens with zero attached hydrogens (tertiary/aromatic N) is 3. The Morgan fingerprint density at radius 2 is 2.25 bits per heavy atom. The van der Waals surface area contributed by atoms with Crippen LogP contribution in [0.4, 0.5) is 5.13 Å². The van der Waals surface area contributed by atoms with Gasteiger partial charge in [0.1, 0.15) is 5.01 Å². The SMILES string of the molecule is CCCc1nnc(NC(=O)CCn2ccccc2=O)s1. The van der Waals surface area contributed by atoms with Crippen LogP contribution in [0.5, 0.6) is 0 Å². The number of anilines is 1. The van der Waals surface area contributed by atoms with E-state index in [0.717, 1.165) is 17.8 Å². The summed E-state index contributed by atoms with van der Waals surface area (Å²) in [5.74, 6) is -0.167. The van der Waals surface area contributed by atoms with Crippen molar-refractivity contribution in [3.05, 3.63) is 39.8 Å². The van der Waals surface area contributed by atoms with Crippen molar-refractivity contribution in [2.45, 2.75) is 32.7 Å². The van der Waals surface area contributed by atoms with E-state index < -0.39 is 0 Å². The molecule has 0 spiro atoms. The van der Waals surface area contributed by atoms with E-state index in [9.17, 15) is 9.59 Å². The Kier molecular flexibility index (Phi) is 5.00. The summed E-state index contributed by atoms with van der Waals surface area (Å²) < 4.78 is 1.50. The van der Waals surface area contributed by atoms with Gasteiger partial charge in [-0.3, -0.25) is 9.59 Å². The first-order chi connectivity index (χ1) is 9.69. The van der Waals surface area contributed by atoms with Crippen LogP contribution in [0.25, 0.3) is 0 Å². The van der Waals surface area contributed by atoms with Crippen molar-refractivity contribution in [1.82, 2.24) is 14.8 Å². The molecule has 6 nitrogen and oxygen atoms in total. The van der Waals surface area contributed by atoms with Gasteiger partial charge in [0.05, 0.1) is 0 Å². The average Bonchev–Trinajstić information content (AvgIpc) is 2.85. The summed E-state index contributed by atoms with van der Waals surface area (Å²) in [6.07, 6.45) is 3.76. The normalized spacial score (nSPS) is 10.4. The molecular formula is C13H16N4O2S. The molecule has 2 rings (SSSR count). The minimum atomic E-state index is -0.167. The fourth-order valence-corrected chi connectivity index (χ4v) is 2.53. The molecule has 2 aromatic heterocycles. The van der Waals surface area contributed by atoms with Crippen molar-refractivity contribution >= 4 is 22.4 Å². The van der Waals surface area contributed by atoms with Crippen LogP contribution in [-0.4, -0.2) is 20.7 Å². The molecule has 1 amide bonds. The summed E-state index contributed by atoms with van der Waals surface area (Å²) in [7, 11) is 0. The molecule has 0 unspecified atom stereocenters. The first-order valence-corrected chi connectivity index (χ1v) is 7.28. The zero-order valence-electron chi connectivity index (χ0n) is 11.2. The molecule has 0 aliphatic rings. The summed E-state index contributed by atoms with van der Waals surface area (Å²) in [5, 5.41) is 12.0. The van der Waals surface area contributed by atoms with Crippen molar-refractivity contribution in [2.75, 3.05) is 5.32 Å². The van der Waals surface area contributed by atoms with E-state index in [2.05, 4.69) is 22.4 Å². The predicted molar refractivity (Wildman–Crippen MR) is 77.9 cm³/mol. The molecule has 7 heteroatoms. The molecule has 0 atom stereocenters. The Morgan fingerprint density at radius 1 is 1.40 bits per heavy atom. The zero-order chi connectivity index (χ0) is 14.4. The van der Waals surface area contributed by atoms with Gasteiger partial charge in [0.2, 0.25) is 11.0 Å². The molecule has 0 aliphatic carbocycles. The highest BCUT2D eigenvalue weighted by Gasteiger charge is 2.08. The van der Waals surface area contributed by atoms with Crippen LogP contribution < -0.4 is 10.9 Å². The van der Waals surface area contributed by atoms with E-state index in [1.807, 2.05) is 0 Å². The minimum absolute atomic E-state index is 0.110. The number of rotatable bonds is 6. The Bertz CT molecular complexity index is 635. The number of pyridine rings is 1. The third kappa shape index (κ3) is 3.99. The molecule has 0 aromatic carbocycles. The lowest BCUT2D eigenvalue weighted by Crippen LogP contribution is -2.21. The zero-order valence-corrected chi connectivity index (χ0v) is 12.0. The van der Waals surface area contributed by atoms with E-state index in [1.54, 1.807) is 18.3 Å². The summed E-state index contributed by atoms with van der Waals surface area (Å²) in [6.45, 7) is 2.42. The number of carbonyl (C=O) groups excluding carboxylic acids is 1.